The minimum absolute atomic E-state index is 0.318. The van der Waals surface area contributed by atoms with E-state index in [0.29, 0.717) is 12.1 Å². The molecule has 1 aliphatic rings. The third-order valence-corrected chi connectivity index (χ3v) is 2.82. The van der Waals surface area contributed by atoms with E-state index in [1.54, 1.807) is 0 Å². The average Bonchev–Trinajstić information content (AvgIpc) is 2.20. The monoisotopic (exact) mass is 197 g/mol. The first kappa shape index (κ1) is 11.7. The molecule has 0 spiro atoms. The quantitative estimate of drug-likeness (QED) is 0.525. The molecule has 2 heteroatoms. The van der Waals surface area contributed by atoms with E-state index in [1.807, 2.05) is 6.08 Å². The lowest BCUT2D eigenvalue weighted by atomic mass is 9.99. The minimum atomic E-state index is 0.318. The third-order valence-electron chi connectivity index (χ3n) is 2.82. The molecule has 1 fully saturated rings. The van der Waals surface area contributed by atoms with Crippen molar-refractivity contribution in [3.05, 3.63) is 12.7 Å². The molecule has 14 heavy (non-hydrogen) atoms. The van der Waals surface area contributed by atoms with Crippen LogP contribution in [0.1, 0.15) is 44.9 Å². The van der Waals surface area contributed by atoms with Gasteiger partial charge in [-0.3, -0.25) is 0 Å². The molecule has 2 atom stereocenters. The molecular formula is C12H23NO. The van der Waals surface area contributed by atoms with E-state index < -0.39 is 0 Å². The Hall–Kier alpha value is -0.340. The smallest absolute Gasteiger partial charge is 0.0589 e. The van der Waals surface area contributed by atoms with Crippen LogP contribution in [0.5, 0.6) is 0 Å². The molecule has 82 valence electrons. The van der Waals surface area contributed by atoms with Crippen LogP contribution in [0.3, 0.4) is 0 Å². The third kappa shape index (κ3) is 4.77. The predicted molar refractivity (Wildman–Crippen MR) is 60.2 cm³/mol. The average molecular weight is 197 g/mol. The topological polar surface area (TPSA) is 35.2 Å². The number of hydrogen-bond donors (Lipinski definition) is 1. The van der Waals surface area contributed by atoms with Crippen molar-refractivity contribution in [3.63, 3.8) is 0 Å². The molecule has 1 aliphatic heterocycles. The van der Waals surface area contributed by atoms with E-state index in [0.717, 1.165) is 32.3 Å². The van der Waals surface area contributed by atoms with E-state index in [1.165, 1.54) is 19.3 Å². The lowest BCUT2D eigenvalue weighted by Crippen LogP contribution is -2.29. The van der Waals surface area contributed by atoms with Crippen molar-refractivity contribution in [1.82, 2.24) is 0 Å². The van der Waals surface area contributed by atoms with Gasteiger partial charge in [-0.05, 0) is 44.9 Å². The maximum atomic E-state index is 6.03. The van der Waals surface area contributed by atoms with Gasteiger partial charge < -0.3 is 10.5 Å². The Bertz CT molecular complexity index is 152. The second-order valence-corrected chi connectivity index (χ2v) is 4.20. The van der Waals surface area contributed by atoms with Crippen molar-refractivity contribution in [1.29, 1.82) is 0 Å². The van der Waals surface area contributed by atoms with Crippen LogP contribution in [0.25, 0.3) is 0 Å². The van der Waals surface area contributed by atoms with Gasteiger partial charge in [0, 0.05) is 12.6 Å². The Labute approximate surface area is 87.5 Å². The number of hydrogen-bond acceptors (Lipinski definition) is 2. The van der Waals surface area contributed by atoms with Crippen LogP contribution in [-0.2, 0) is 4.74 Å². The summed E-state index contributed by atoms with van der Waals surface area (Å²) >= 11 is 0. The molecule has 0 aromatic carbocycles. The molecule has 0 aliphatic carbocycles. The van der Waals surface area contributed by atoms with Crippen molar-refractivity contribution in [2.45, 2.75) is 57.1 Å². The zero-order valence-corrected chi connectivity index (χ0v) is 9.08. The Balaban J connectivity index is 2.05. The Morgan fingerprint density at radius 1 is 1.50 bits per heavy atom. The zero-order valence-electron chi connectivity index (χ0n) is 9.08. The van der Waals surface area contributed by atoms with Crippen LogP contribution in [0.4, 0.5) is 0 Å². The molecule has 0 saturated carbocycles. The van der Waals surface area contributed by atoms with E-state index in [9.17, 15) is 0 Å². The molecule has 1 rings (SSSR count). The predicted octanol–water partition coefficient (Wildman–Crippen LogP) is 2.63. The van der Waals surface area contributed by atoms with Crippen LogP contribution in [0.2, 0.25) is 0 Å². The van der Waals surface area contributed by atoms with Crippen LogP contribution in [0, 0.1) is 0 Å². The summed E-state index contributed by atoms with van der Waals surface area (Å²) in [7, 11) is 0. The molecule has 2 nitrogen and oxygen atoms in total. The largest absolute Gasteiger partial charge is 0.378 e. The SMILES string of the molecule is C=CCCCC(N)CC1CCCCO1. The lowest BCUT2D eigenvalue weighted by Gasteiger charge is -2.25. The summed E-state index contributed by atoms with van der Waals surface area (Å²) in [6.45, 7) is 4.64. The first-order valence-corrected chi connectivity index (χ1v) is 5.81. The molecular weight excluding hydrogens is 174 g/mol. The molecule has 2 N–H and O–H groups in total. The molecule has 1 saturated heterocycles. The van der Waals surface area contributed by atoms with Gasteiger partial charge in [-0.25, -0.2) is 0 Å². The fraction of sp³-hybridized carbons (Fsp3) is 0.833. The van der Waals surface area contributed by atoms with Crippen molar-refractivity contribution in [2.24, 2.45) is 5.73 Å². The molecule has 0 aromatic rings. The number of rotatable bonds is 6. The van der Waals surface area contributed by atoms with E-state index in [2.05, 4.69) is 6.58 Å². The molecule has 0 aromatic heterocycles. The second-order valence-electron chi connectivity index (χ2n) is 4.20. The van der Waals surface area contributed by atoms with Gasteiger partial charge in [0.1, 0.15) is 0 Å². The molecule has 0 bridgehead atoms. The van der Waals surface area contributed by atoms with Gasteiger partial charge in [0.15, 0.2) is 0 Å². The Morgan fingerprint density at radius 3 is 3.00 bits per heavy atom. The van der Waals surface area contributed by atoms with Gasteiger partial charge in [0.2, 0.25) is 0 Å². The van der Waals surface area contributed by atoms with Gasteiger partial charge in [-0.1, -0.05) is 6.08 Å². The molecule has 0 amide bonds. The first-order valence-electron chi connectivity index (χ1n) is 5.81. The Kier molecular flexibility index (Phi) is 5.88. The standard InChI is InChI=1S/C12H23NO/c1-2-3-4-7-11(13)10-12-8-5-6-9-14-12/h2,11-12H,1,3-10,13H2. The number of allylic oxidation sites excluding steroid dienone is 1. The highest BCUT2D eigenvalue weighted by Crippen LogP contribution is 2.18. The zero-order chi connectivity index (χ0) is 10.2. The van der Waals surface area contributed by atoms with Crippen LogP contribution < -0.4 is 5.73 Å². The fourth-order valence-corrected chi connectivity index (χ4v) is 1.97. The van der Waals surface area contributed by atoms with Gasteiger partial charge in [-0.15, -0.1) is 6.58 Å². The normalized spacial score (nSPS) is 24.5. The highest BCUT2D eigenvalue weighted by atomic mass is 16.5. The first-order chi connectivity index (χ1) is 6.83. The van der Waals surface area contributed by atoms with Crippen molar-refractivity contribution in [2.75, 3.05) is 6.61 Å². The summed E-state index contributed by atoms with van der Waals surface area (Å²) in [5.74, 6) is 0. The van der Waals surface area contributed by atoms with Crippen LogP contribution >= 0.6 is 0 Å². The lowest BCUT2D eigenvalue weighted by molar-refractivity contribution is 0.00695. The van der Waals surface area contributed by atoms with Gasteiger partial charge >= 0.3 is 0 Å². The summed E-state index contributed by atoms with van der Waals surface area (Å²) < 4.78 is 5.65. The van der Waals surface area contributed by atoms with E-state index >= 15 is 0 Å². The van der Waals surface area contributed by atoms with E-state index in [4.69, 9.17) is 10.5 Å². The van der Waals surface area contributed by atoms with Crippen molar-refractivity contribution < 1.29 is 4.74 Å². The van der Waals surface area contributed by atoms with Crippen LogP contribution in [0.15, 0.2) is 12.7 Å². The number of ether oxygens (including phenoxy) is 1. The van der Waals surface area contributed by atoms with E-state index in [-0.39, 0.29) is 0 Å². The molecule has 2 unspecified atom stereocenters. The van der Waals surface area contributed by atoms with Crippen LogP contribution in [-0.4, -0.2) is 18.8 Å². The fourth-order valence-electron chi connectivity index (χ4n) is 1.97. The second kappa shape index (κ2) is 7.02. The molecule has 0 radical (unpaired) electrons. The highest BCUT2D eigenvalue weighted by molar-refractivity contribution is 4.73. The summed E-state index contributed by atoms with van der Waals surface area (Å²) in [6.07, 6.45) is 10.5. The van der Waals surface area contributed by atoms with Crippen molar-refractivity contribution in [3.8, 4) is 0 Å². The Morgan fingerprint density at radius 2 is 2.36 bits per heavy atom. The molecule has 1 heterocycles. The minimum Gasteiger partial charge on any atom is -0.378 e. The maximum absolute atomic E-state index is 6.03. The number of nitrogens with two attached hydrogens (primary N) is 1. The van der Waals surface area contributed by atoms with Gasteiger partial charge in [0.25, 0.3) is 0 Å². The summed E-state index contributed by atoms with van der Waals surface area (Å²) in [5.41, 5.74) is 6.03. The summed E-state index contributed by atoms with van der Waals surface area (Å²) in [5, 5.41) is 0. The summed E-state index contributed by atoms with van der Waals surface area (Å²) in [4.78, 5) is 0. The van der Waals surface area contributed by atoms with Gasteiger partial charge in [-0.2, -0.15) is 0 Å². The number of unbranched alkanes of at least 4 members (excludes halogenated alkanes) is 1. The van der Waals surface area contributed by atoms with Crippen molar-refractivity contribution >= 4 is 0 Å². The summed E-state index contributed by atoms with van der Waals surface area (Å²) in [6, 6.07) is 0.318. The van der Waals surface area contributed by atoms with Gasteiger partial charge in [0.05, 0.1) is 6.10 Å². The highest BCUT2D eigenvalue weighted by Gasteiger charge is 2.16. The maximum Gasteiger partial charge on any atom is 0.0589 e.